The summed E-state index contributed by atoms with van der Waals surface area (Å²) in [6.45, 7) is 1.88. The third-order valence-corrected chi connectivity index (χ3v) is 2.83. The summed E-state index contributed by atoms with van der Waals surface area (Å²) in [7, 11) is 1.29. The number of rotatable bonds is 3. The molecule has 0 spiro atoms. The zero-order valence-corrected chi connectivity index (χ0v) is 12.7. The summed E-state index contributed by atoms with van der Waals surface area (Å²) in [5.74, 6) is 0.207. The van der Waals surface area contributed by atoms with E-state index in [0.29, 0.717) is 11.4 Å². The molecule has 9 heteroatoms. The number of amides is 1. The molecule has 0 radical (unpaired) electrons. The number of methoxy groups -OCH3 is 1. The van der Waals surface area contributed by atoms with Crippen LogP contribution in [-0.2, 0) is 4.74 Å². The zero-order chi connectivity index (χ0) is 15.4. The van der Waals surface area contributed by atoms with Gasteiger partial charge in [-0.1, -0.05) is 6.07 Å². The first-order chi connectivity index (χ1) is 9.97. The molecule has 0 fully saturated rings. The van der Waals surface area contributed by atoms with Gasteiger partial charge < -0.3 is 10.1 Å². The molecule has 2 aromatic rings. The van der Waals surface area contributed by atoms with E-state index in [1.54, 1.807) is 12.1 Å². The molecule has 1 aromatic heterocycles. The van der Waals surface area contributed by atoms with Crippen molar-refractivity contribution in [2.75, 3.05) is 17.7 Å². The number of aromatic nitrogens is 3. The normalized spacial score (nSPS) is 10.1. The molecule has 0 unspecified atom stereocenters. The van der Waals surface area contributed by atoms with Crippen LogP contribution in [0.15, 0.2) is 18.2 Å². The molecule has 110 valence electrons. The maximum Gasteiger partial charge on any atom is 0.411 e. The summed E-state index contributed by atoms with van der Waals surface area (Å²) in [5.41, 5.74) is 2.15. The highest BCUT2D eigenvalue weighted by Gasteiger charge is 2.08. The molecule has 0 aliphatic carbocycles. The fraction of sp³-hybridized carbons (Fsp3) is 0.167. The minimum absolute atomic E-state index is 0.0148. The molecule has 2 N–H and O–H groups in total. The van der Waals surface area contributed by atoms with E-state index in [2.05, 4.69) is 30.3 Å². The smallest absolute Gasteiger partial charge is 0.411 e. The van der Waals surface area contributed by atoms with Gasteiger partial charge in [0.2, 0.25) is 16.5 Å². The highest BCUT2D eigenvalue weighted by Crippen LogP contribution is 2.23. The topological polar surface area (TPSA) is 89.0 Å². The molecule has 1 aromatic carbocycles. The van der Waals surface area contributed by atoms with Crippen LogP contribution in [0.25, 0.3) is 0 Å². The Morgan fingerprint density at radius 1 is 1.19 bits per heavy atom. The highest BCUT2D eigenvalue weighted by atomic mass is 35.5. The monoisotopic (exact) mass is 327 g/mol. The Morgan fingerprint density at radius 2 is 1.86 bits per heavy atom. The molecule has 21 heavy (non-hydrogen) atoms. The van der Waals surface area contributed by atoms with Crippen molar-refractivity contribution < 1.29 is 9.53 Å². The van der Waals surface area contributed by atoms with E-state index in [-0.39, 0.29) is 16.5 Å². The molecule has 7 nitrogen and oxygen atoms in total. The lowest BCUT2D eigenvalue weighted by molar-refractivity contribution is 0.187. The van der Waals surface area contributed by atoms with Crippen LogP contribution in [0, 0.1) is 6.92 Å². The van der Waals surface area contributed by atoms with Gasteiger partial charge >= 0.3 is 6.09 Å². The van der Waals surface area contributed by atoms with E-state index in [1.165, 1.54) is 7.11 Å². The lowest BCUT2D eigenvalue weighted by Gasteiger charge is -2.11. The molecular formula is C12H11Cl2N5O2. The molecule has 0 aliphatic rings. The van der Waals surface area contributed by atoms with Gasteiger partial charge in [0.15, 0.2) is 0 Å². The molecule has 0 saturated heterocycles. The second-order valence-corrected chi connectivity index (χ2v) is 4.64. The predicted octanol–water partition coefficient (Wildman–Crippen LogP) is 3.41. The van der Waals surface area contributed by atoms with Crippen molar-refractivity contribution in [1.82, 2.24) is 15.0 Å². The SMILES string of the molecule is COC(=O)Nc1ccc(C)c(Nc2nc(Cl)nc(Cl)n2)c1. The summed E-state index contributed by atoms with van der Waals surface area (Å²) >= 11 is 11.4. The van der Waals surface area contributed by atoms with Crippen LogP contribution >= 0.6 is 23.2 Å². The van der Waals surface area contributed by atoms with Crippen molar-refractivity contribution >= 4 is 46.6 Å². The highest BCUT2D eigenvalue weighted by molar-refractivity contribution is 6.31. The van der Waals surface area contributed by atoms with Gasteiger partial charge in [-0.05, 0) is 47.8 Å². The van der Waals surface area contributed by atoms with Gasteiger partial charge in [-0.3, -0.25) is 5.32 Å². The van der Waals surface area contributed by atoms with Crippen LogP contribution < -0.4 is 10.6 Å². The van der Waals surface area contributed by atoms with Gasteiger partial charge in [-0.25, -0.2) is 4.79 Å². The van der Waals surface area contributed by atoms with Crippen LogP contribution in [-0.4, -0.2) is 28.2 Å². The number of carbonyl (C=O) groups is 1. The van der Waals surface area contributed by atoms with Gasteiger partial charge in [0.1, 0.15) is 0 Å². The molecular weight excluding hydrogens is 317 g/mol. The van der Waals surface area contributed by atoms with Crippen LogP contribution in [0.5, 0.6) is 0 Å². The standard InChI is InChI=1S/C12H11Cl2N5O2/c1-6-3-4-7(15-12(20)21-2)5-8(6)16-11-18-9(13)17-10(14)19-11/h3-5H,1-2H3,(H,15,20)(H,16,17,18,19). The van der Waals surface area contributed by atoms with E-state index in [9.17, 15) is 4.79 Å². The quantitative estimate of drug-likeness (QED) is 0.897. The average molecular weight is 328 g/mol. The van der Waals surface area contributed by atoms with Crippen molar-refractivity contribution in [3.63, 3.8) is 0 Å². The second-order valence-electron chi connectivity index (χ2n) is 3.97. The molecule has 0 bridgehead atoms. The van der Waals surface area contributed by atoms with Crippen molar-refractivity contribution in [3.8, 4) is 0 Å². The van der Waals surface area contributed by atoms with E-state index < -0.39 is 6.09 Å². The average Bonchev–Trinajstić information content (AvgIpc) is 2.41. The number of halogens is 2. The first-order valence-corrected chi connectivity index (χ1v) is 6.53. The predicted molar refractivity (Wildman–Crippen MR) is 80.3 cm³/mol. The first-order valence-electron chi connectivity index (χ1n) is 5.77. The van der Waals surface area contributed by atoms with Crippen LogP contribution in [0.4, 0.5) is 22.1 Å². The van der Waals surface area contributed by atoms with Crippen molar-refractivity contribution in [1.29, 1.82) is 0 Å². The Kier molecular flexibility index (Phi) is 4.77. The van der Waals surface area contributed by atoms with Gasteiger partial charge in [0.25, 0.3) is 0 Å². The van der Waals surface area contributed by atoms with Crippen molar-refractivity contribution in [2.24, 2.45) is 0 Å². The number of aryl methyl sites for hydroxylation is 1. The van der Waals surface area contributed by atoms with Crippen LogP contribution in [0.2, 0.25) is 10.6 Å². The first kappa shape index (κ1) is 15.3. The molecule has 0 saturated carbocycles. The van der Waals surface area contributed by atoms with Crippen molar-refractivity contribution in [2.45, 2.75) is 6.92 Å². The van der Waals surface area contributed by atoms with Gasteiger partial charge in [-0.2, -0.15) is 15.0 Å². The molecule has 1 heterocycles. The van der Waals surface area contributed by atoms with Gasteiger partial charge in [0.05, 0.1) is 7.11 Å². The van der Waals surface area contributed by atoms with E-state index >= 15 is 0 Å². The minimum atomic E-state index is -0.559. The summed E-state index contributed by atoms with van der Waals surface area (Å²) in [4.78, 5) is 22.7. The van der Waals surface area contributed by atoms with Crippen LogP contribution in [0.3, 0.4) is 0 Å². The van der Waals surface area contributed by atoms with Gasteiger partial charge in [0, 0.05) is 11.4 Å². The molecule has 0 aliphatic heterocycles. The Balaban J connectivity index is 2.26. The number of carbonyl (C=O) groups excluding carboxylic acids is 1. The number of nitrogens with zero attached hydrogens (tertiary/aromatic N) is 3. The number of hydrogen-bond acceptors (Lipinski definition) is 6. The lowest BCUT2D eigenvalue weighted by atomic mass is 10.2. The van der Waals surface area contributed by atoms with E-state index in [0.717, 1.165) is 5.56 Å². The van der Waals surface area contributed by atoms with Gasteiger partial charge in [-0.15, -0.1) is 0 Å². The number of anilines is 3. The fourth-order valence-electron chi connectivity index (χ4n) is 1.51. The third kappa shape index (κ3) is 4.17. The number of hydrogen-bond donors (Lipinski definition) is 2. The maximum atomic E-state index is 11.2. The molecule has 1 amide bonds. The Labute approximate surface area is 130 Å². The summed E-state index contributed by atoms with van der Waals surface area (Å²) < 4.78 is 4.54. The maximum absolute atomic E-state index is 11.2. The van der Waals surface area contributed by atoms with Crippen molar-refractivity contribution in [3.05, 3.63) is 34.3 Å². The van der Waals surface area contributed by atoms with E-state index in [1.807, 2.05) is 13.0 Å². The molecule has 0 atom stereocenters. The Morgan fingerprint density at radius 3 is 2.48 bits per heavy atom. The summed E-state index contributed by atoms with van der Waals surface area (Å²) in [6.07, 6.45) is -0.559. The number of nitrogens with one attached hydrogen (secondary N) is 2. The Bertz CT molecular complexity index is 660. The number of ether oxygens (including phenoxy) is 1. The van der Waals surface area contributed by atoms with E-state index in [4.69, 9.17) is 23.2 Å². The molecule has 2 rings (SSSR count). The largest absolute Gasteiger partial charge is 0.453 e. The second kappa shape index (κ2) is 6.55. The van der Waals surface area contributed by atoms with Crippen LogP contribution in [0.1, 0.15) is 5.56 Å². The summed E-state index contributed by atoms with van der Waals surface area (Å²) in [5, 5.41) is 5.49. The zero-order valence-electron chi connectivity index (χ0n) is 11.1. The fourth-order valence-corrected chi connectivity index (χ4v) is 1.87. The minimum Gasteiger partial charge on any atom is -0.453 e. The number of benzene rings is 1. The summed E-state index contributed by atoms with van der Waals surface area (Å²) in [6, 6.07) is 5.26. The lowest BCUT2D eigenvalue weighted by Crippen LogP contribution is -2.11. The third-order valence-electron chi connectivity index (χ3n) is 2.50. The Hall–Kier alpha value is -2.12.